The molecule has 2 aromatic rings. The Morgan fingerprint density at radius 3 is 2.73 bits per heavy atom. The van der Waals surface area contributed by atoms with Crippen molar-refractivity contribution in [2.24, 2.45) is 0 Å². The highest BCUT2D eigenvalue weighted by molar-refractivity contribution is 14.1. The Bertz CT molecular complexity index is 804. The predicted octanol–water partition coefficient (Wildman–Crippen LogP) is 4.13. The number of nitrogens with one attached hydrogen (secondary N) is 1. The maximum Gasteiger partial charge on any atom is 0.411 e. The van der Waals surface area contributed by atoms with E-state index in [0.717, 1.165) is 25.7 Å². The summed E-state index contributed by atoms with van der Waals surface area (Å²) in [5, 5.41) is 17.1. The minimum Gasteiger partial charge on any atom is -0.465 e. The second-order valence-corrected chi connectivity index (χ2v) is 7.26. The Labute approximate surface area is 160 Å². The van der Waals surface area contributed by atoms with Gasteiger partial charge < -0.3 is 10.4 Å². The van der Waals surface area contributed by atoms with Gasteiger partial charge in [-0.05, 0) is 35.4 Å². The van der Waals surface area contributed by atoms with Crippen molar-refractivity contribution in [1.82, 2.24) is 14.6 Å². The van der Waals surface area contributed by atoms with E-state index < -0.39 is 25.2 Å². The number of aromatic nitrogens is 3. The van der Waals surface area contributed by atoms with E-state index in [0.29, 0.717) is 14.4 Å². The van der Waals surface area contributed by atoms with Gasteiger partial charge in [0.1, 0.15) is 9.52 Å². The summed E-state index contributed by atoms with van der Waals surface area (Å²) in [7, 11) is 0. The second-order valence-electron chi connectivity index (χ2n) is 6.16. The number of anilines is 2. The zero-order valence-corrected chi connectivity index (χ0v) is 15.8. The summed E-state index contributed by atoms with van der Waals surface area (Å²) >= 11 is 1.99. The van der Waals surface area contributed by atoms with Crippen LogP contribution in [-0.2, 0) is 0 Å². The smallest absolute Gasteiger partial charge is 0.411 e. The van der Waals surface area contributed by atoms with Crippen LogP contribution in [-0.4, -0.2) is 44.6 Å². The minimum atomic E-state index is -4.45. The van der Waals surface area contributed by atoms with Crippen molar-refractivity contribution < 1.29 is 23.1 Å². The molecule has 0 unspecified atom stereocenters. The zero-order valence-electron chi connectivity index (χ0n) is 13.6. The van der Waals surface area contributed by atoms with E-state index in [9.17, 15) is 23.1 Å². The van der Waals surface area contributed by atoms with Gasteiger partial charge in [0.25, 0.3) is 0 Å². The Morgan fingerprint density at radius 1 is 1.42 bits per heavy atom. The molecule has 0 saturated heterocycles. The number of hydrogen-bond donors (Lipinski definition) is 2. The number of carboxylic acid groups (broad SMARTS) is 1. The van der Waals surface area contributed by atoms with Crippen molar-refractivity contribution in [1.29, 1.82) is 0 Å². The first-order chi connectivity index (χ1) is 12.2. The molecule has 2 N–H and O–H groups in total. The third kappa shape index (κ3) is 4.30. The number of hydrogen-bond acceptors (Lipinski definition) is 4. The molecule has 0 atom stereocenters. The molecule has 2 aromatic heterocycles. The van der Waals surface area contributed by atoms with Crippen LogP contribution in [0.25, 0.3) is 5.65 Å². The molecule has 0 aromatic carbocycles. The molecule has 1 fully saturated rings. The van der Waals surface area contributed by atoms with Gasteiger partial charge in [-0.2, -0.15) is 13.2 Å². The number of amides is 1. The van der Waals surface area contributed by atoms with Gasteiger partial charge >= 0.3 is 12.3 Å². The Hall–Kier alpha value is -1.79. The van der Waals surface area contributed by atoms with E-state index in [1.807, 2.05) is 22.6 Å². The number of imidazole rings is 1. The molecule has 0 spiro atoms. The summed E-state index contributed by atoms with van der Waals surface area (Å²) < 4.78 is 39.9. The second kappa shape index (κ2) is 7.45. The number of carbonyl (C=O) groups is 1. The highest BCUT2D eigenvalue weighted by atomic mass is 127. The highest BCUT2D eigenvalue weighted by Crippen LogP contribution is 2.29. The summed E-state index contributed by atoms with van der Waals surface area (Å²) in [6.07, 6.45) is -1.50. The molecule has 1 saturated carbocycles. The molecule has 0 aliphatic heterocycles. The van der Waals surface area contributed by atoms with Crippen LogP contribution in [0, 0.1) is 3.70 Å². The highest BCUT2D eigenvalue weighted by Gasteiger charge is 2.31. The molecule has 1 aliphatic rings. The minimum absolute atomic E-state index is 0.0835. The van der Waals surface area contributed by atoms with E-state index in [-0.39, 0.29) is 17.4 Å². The Morgan fingerprint density at radius 2 is 2.12 bits per heavy atom. The van der Waals surface area contributed by atoms with E-state index in [1.54, 1.807) is 0 Å². The van der Waals surface area contributed by atoms with Gasteiger partial charge in [-0.15, -0.1) is 5.10 Å². The van der Waals surface area contributed by atoms with Gasteiger partial charge in [-0.1, -0.05) is 12.8 Å². The average molecular weight is 483 g/mol. The van der Waals surface area contributed by atoms with Crippen LogP contribution >= 0.6 is 22.6 Å². The lowest BCUT2D eigenvalue weighted by molar-refractivity contribution is -0.132. The zero-order chi connectivity index (χ0) is 18.9. The molecule has 2 heterocycles. The molecule has 3 rings (SSSR count). The Balaban J connectivity index is 1.99. The molecule has 7 nitrogen and oxygen atoms in total. The van der Waals surface area contributed by atoms with E-state index >= 15 is 0 Å². The van der Waals surface area contributed by atoms with Crippen molar-refractivity contribution >= 4 is 45.8 Å². The van der Waals surface area contributed by atoms with Crippen LogP contribution < -0.4 is 10.2 Å². The fraction of sp³-hybridized carbons (Fsp3) is 0.533. The van der Waals surface area contributed by atoms with Gasteiger partial charge in [0, 0.05) is 18.7 Å². The quantitative estimate of drug-likeness (QED) is 0.626. The van der Waals surface area contributed by atoms with E-state index in [1.165, 1.54) is 16.8 Å². The molecule has 1 aliphatic carbocycles. The fourth-order valence-corrected chi connectivity index (χ4v) is 3.51. The summed E-state index contributed by atoms with van der Waals surface area (Å²) in [4.78, 5) is 16.4. The van der Waals surface area contributed by atoms with Gasteiger partial charge in [0.2, 0.25) is 0 Å². The van der Waals surface area contributed by atoms with Crippen molar-refractivity contribution in [3.8, 4) is 0 Å². The van der Waals surface area contributed by atoms with Crippen LogP contribution in [0.5, 0.6) is 0 Å². The lowest BCUT2D eigenvalue weighted by atomic mass is 10.2. The van der Waals surface area contributed by atoms with Crippen LogP contribution in [0.3, 0.4) is 0 Å². The monoisotopic (exact) mass is 483 g/mol. The van der Waals surface area contributed by atoms with Crippen LogP contribution in [0.1, 0.15) is 32.1 Å². The first kappa shape index (κ1) is 19.0. The Kier molecular flexibility index (Phi) is 5.44. The number of fused-ring (bicyclic) bond motifs is 1. The fourth-order valence-electron chi connectivity index (χ4n) is 3.03. The lowest BCUT2D eigenvalue weighted by Gasteiger charge is -2.22. The maximum atomic E-state index is 12.6. The predicted molar refractivity (Wildman–Crippen MR) is 97.6 cm³/mol. The molecule has 142 valence electrons. The largest absolute Gasteiger partial charge is 0.465 e. The summed E-state index contributed by atoms with van der Waals surface area (Å²) in [5.74, 6) is 0.425. The lowest BCUT2D eigenvalue weighted by Crippen LogP contribution is -2.33. The first-order valence-electron chi connectivity index (χ1n) is 8.12. The number of alkyl halides is 3. The summed E-state index contributed by atoms with van der Waals surface area (Å²) in [6, 6.07) is 1.68. The molecular weight excluding hydrogens is 466 g/mol. The average Bonchev–Trinajstić information content (AvgIpc) is 3.17. The van der Waals surface area contributed by atoms with Crippen molar-refractivity contribution in [2.45, 2.75) is 44.3 Å². The number of rotatable bonds is 5. The third-order valence-electron chi connectivity index (χ3n) is 4.25. The third-order valence-corrected chi connectivity index (χ3v) is 4.99. The molecule has 1 amide bonds. The van der Waals surface area contributed by atoms with Crippen LogP contribution in [0.15, 0.2) is 12.3 Å². The maximum absolute atomic E-state index is 12.6. The van der Waals surface area contributed by atoms with Crippen LogP contribution in [0.2, 0.25) is 0 Å². The molecule has 0 bridgehead atoms. The first-order valence-corrected chi connectivity index (χ1v) is 9.20. The molecule has 0 radical (unpaired) electrons. The molecule has 11 heteroatoms. The normalized spacial score (nSPS) is 15.5. The standard InChI is InChI=1S/C15H17F3IN5O2/c16-15(17,18)5-6-23(14(25)26)10-7-12(21-9-3-1-2-4-9)22-24-11(19)8-20-13(10)24/h7-9H,1-6H2,(H,21,22)(H,25,26). The summed E-state index contributed by atoms with van der Waals surface area (Å²) in [5.41, 5.74) is 0.288. The van der Waals surface area contributed by atoms with Gasteiger partial charge in [0.05, 0.1) is 18.3 Å². The van der Waals surface area contributed by atoms with E-state index in [2.05, 4.69) is 15.4 Å². The number of halogens is 4. The molecule has 26 heavy (non-hydrogen) atoms. The SMILES string of the molecule is O=C(O)N(CCC(F)(F)F)c1cc(NC2CCCC2)nn2c(I)cnc12. The summed E-state index contributed by atoms with van der Waals surface area (Å²) in [6.45, 7) is -0.704. The van der Waals surface area contributed by atoms with Crippen LogP contribution in [0.4, 0.5) is 29.5 Å². The van der Waals surface area contributed by atoms with Crippen molar-refractivity contribution in [2.75, 3.05) is 16.8 Å². The van der Waals surface area contributed by atoms with Crippen molar-refractivity contribution in [3.63, 3.8) is 0 Å². The topological polar surface area (TPSA) is 82.8 Å². The van der Waals surface area contributed by atoms with Gasteiger partial charge in [-0.3, -0.25) is 4.90 Å². The van der Waals surface area contributed by atoms with Gasteiger partial charge in [0.15, 0.2) is 5.65 Å². The van der Waals surface area contributed by atoms with E-state index in [4.69, 9.17) is 0 Å². The van der Waals surface area contributed by atoms with Gasteiger partial charge in [-0.25, -0.2) is 14.3 Å². The molecular formula is C15H17F3IN5O2. The van der Waals surface area contributed by atoms with Crippen molar-refractivity contribution in [3.05, 3.63) is 16.0 Å². The number of nitrogens with zero attached hydrogens (tertiary/aromatic N) is 4.